The predicted molar refractivity (Wildman–Crippen MR) is 115 cm³/mol. The Labute approximate surface area is 173 Å². The van der Waals surface area contributed by atoms with E-state index in [1.54, 1.807) is 12.1 Å². The van der Waals surface area contributed by atoms with E-state index in [9.17, 15) is 13.2 Å². The Morgan fingerprint density at radius 2 is 1.76 bits per heavy atom. The minimum atomic E-state index is -3.46. The van der Waals surface area contributed by atoms with Crippen molar-refractivity contribution in [3.63, 3.8) is 0 Å². The van der Waals surface area contributed by atoms with Crippen LogP contribution >= 0.6 is 0 Å². The van der Waals surface area contributed by atoms with Crippen molar-refractivity contribution in [3.8, 4) is 0 Å². The lowest BCUT2D eigenvalue weighted by atomic mass is 10.1. The fourth-order valence-corrected chi connectivity index (χ4v) is 5.15. The van der Waals surface area contributed by atoms with Gasteiger partial charge in [-0.25, -0.2) is 8.42 Å². The first kappa shape index (κ1) is 21.5. The zero-order valence-corrected chi connectivity index (χ0v) is 18.1. The molecule has 0 fully saturated rings. The molecule has 1 aliphatic heterocycles. The Hall–Kier alpha value is -2.22. The molecule has 0 aromatic heterocycles. The van der Waals surface area contributed by atoms with Crippen LogP contribution in [0.5, 0.6) is 0 Å². The van der Waals surface area contributed by atoms with E-state index in [-0.39, 0.29) is 18.5 Å². The van der Waals surface area contributed by atoms with Gasteiger partial charge in [0, 0.05) is 31.4 Å². The van der Waals surface area contributed by atoms with E-state index in [1.165, 1.54) is 9.87 Å². The number of carbonyl (C=O) groups excluding carboxylic acids is 1. The monoisotopic (exact) mass is 415 g/mol. The molecule has 29 heavy (non-hydrogen) atoms. The van der Waals surface area contributed by atoms with Crippen LogP contribution in [-0.4, -0.2) is 44.8 Å². The number of benzene rings is 2. The summed E-state index contributed by atoms with van der Waals surface area (Å²) < 4.78 is 26.6. The highest BCUT2D eigenvalue weighted by Crippen LogP contribution is 2.27. The maximum absolute atomic E-state index is 12.6. The first-order chi connectivity index (χ1) is 13.9. The zero-order valence-electron chi connectivity index (χ0n) is 17.3. The minimum Gasteiger partial charge on any atom is -0.311 e. The molecule has 2 aromatic rings. The quantitative estimate of drug-likeness (QED) is 0.720. The van der Waals surface area contributed by atoms with Crippen molar-refractivity contribution in [1.82, 2.24) is 9.62 Å². The third-order valence-corrected chi connectivity index (χ3v) is 7.54. The van der Waals surface area contributed by atoms with Crippen LogP contribution < -0.4 is 10.2 Å². The van der Waals surface area contributed by atoms with Gasteiger partial charge in [0.25, 0.3) is 0 Å². The number of amides is 1. The molecule has 0 saturated heterocycles. The number of sulfonamides is 1. The standard InChI is InChI=1S/C22H29N3O3S/c1-4-24(5-2)29(27,28)20-12-10-18(11-13-20)17(3)23-16-22(26)25-15-14-19-8-6-7-9-21(19)25/h6-13,17,23H,4-5,14-16H2,1-3H3/t17-/m1/s1. The third kappa shape index (κ3) is 4.52. The molecule has 7 heteroatoms. The Balaban J connectivity index is 1.62. The molecule has 6 nitrogen and oxygen atoms in total. The van der Waals surface area contributed by atoms with Crippen LogP contribution in [0.2, 0.25) is 0 Å². The van der Waals surface area contributed by atoms with Crippen LogP contribution in [0.3, 0.4) is 0 Å². The fraction of sp³-hybridized carbons (Fsp3) is 0.409. The summed E-state index contributed by atoms with van der Waals surface area (Å²) in [5, 5.41) is 3.26. The lowest BCUT2D eigenvalue weighted by Gasteiger charge is -2.21. The van der Waals surface area contributed by atoms with Crippen LogP contribution in [0.15, 0.2) is 53.4 Å². The molecule has 1 aliphatic rings. The van der Waals surface area contributed by atoms with Crippen molar-refractivity contribution < 1.29 is 13.2 Å². The minimum absolute atomic E-state index is 0.0440. The number of nitrogens with one attached hydrogen (secondary N) is 1. The summed E-state index contributed by atoms with van der Waals surface area (Å²) in [6.45, 7) is 7.47. The molecule has 1 atom stereocenters. The summed E-state index contributed by atoms with van der Waals surface area (Å²) in [5.74, 6) is 0.0440. The van der Waals surface area contributed by atoms with Gasteiger partial charge in [0.05, 0.1) is 11.4 Å². The van der Waals surface area contributed by atoms with Gasteiger partial charge in [-0.2, -0.15) is 4.31 Å². The maximum atomic E-state index is 12.6. The average Bonchev–Trinajstić information content (AvgIpc) is 3.17. The molecule has 156 valence electrons. The lowest BCUT2D eigenvalue weighted by molar-refractivity contribution is -0.117. The molecule has 3 rings (SSSR count). The Kier molecular flexibility index (Phi) is 6.72. The van der Waals surface area contributed by atoms with E-state index >= 15 is 0 Å². The normalized spacial score (nSPS) is 14.8. The summed E-state index contributed by atoms with van der Waals surface area (Å²) in [4.78, 5) is 14.8. The number of anilines is 1. The second-order valence-electron chi connectivity index (χ2n) is 7.19. The van der Waals surface area contributed by atoms with Gasteiger partial charge in [0.2, 0.25) is 15.9 Å². The predicted octanol–water partition coefficient (Wildman–Crippen LogP) is 2.96. The first-order valence-electron chi connectivity index (χ1n) is 10.1. The molecule has 0 saturated carbocycles. The van der Waals surface area contributed by atoms with Crippen LogP contribution in [-0.2, 0) is 21.2 Å². The summed E-state index contributed by atoms with van der Waals surface area (Å²) >= 11 is 0. The zero-order chi connectivity index (χ0) is 21.0. The maximum Gasteiger partial charge on any atom is 0.243 e. The molecule has 0 bridgehead atoms. The van der Waals surface area contributed by atoms with Crippen LogP contribution in [0.25, 0.3) is 0 Å². The number of para-hydroxylation sites is 1. The van der Waals surface area contributed by atoms with Gasteiger partial charge in [0.1, 0.15) is 0 Å². The van der Waals surface area contributed by atoms with Crippen molar-refractivity contribution in [1.29, 1.82) is 0 Å². The van der Waals surface area contributed by atoms with Crippen molar-refractivity contribution in [2.45, 2.75) is 38.1 Å². The summed E-state index contributed by atoms with van der Waals surface area (Å²) in [7, 11) is -3.46. The average molecular weight is 416 g/mol. The number of carbonyl (C=O) groups is 1. The Bertz CT molecular complexity index is 954. The van der Waals surface area contributed by atoms with Crippen molar-refractivity contribution in [3.05, 3.63) is 59.7 Å². The topological polar surface area (TPSA) is 69.7 Å². The van der Waals surface area contributed by atoms with Crippen molar-refractivity contribution in [2.75, 3.05) is 31.1 Å². The second kappa shape index (κ2) is 9.07. The number of rotatable bonds is 8. The van der Waals surface area contributed by atoms with Crippen LogP contribution in [0.1, 0.15) is 37.9 Å². The molecule has 1 amide bonds. The van der Waals surface area contributed by atoms with E-state index in [0.717, 1.165) is 17.7 Å². The second-order valence-corrected chi connectivity index (χ2v) is 9.12. The van der Waals surface area contributed by atoms with Crippen LogP contribution in [0.4, 0.5) is 5.69 Å². The van der Waals surface area contributed by atoms with E-state index in [1.807, 2.05) is 56.0 Å². The smallest absolute Gasteiger partial charge is 0.243 e. The van der Waals surface area contributed by atoms with Gasteiger partial charge in [-0.3, -0.25) is 4.79 Å². The van der Waals surface area contributed by atoms with Gasteiger partial charge in [-0.15, -0.1) is 0 Å². The summed E-state index contributed by atoms with van der Waals surface area (Å²) in [6.07, 6.45) is 0.889. The molecular formula is C22H29N3O3S. The van der Waals surface area contributed by atoms with E-state index in [0.29, 0.717) is 24.5 Å². The molecular weight excluding hydrogens is 386 g/mol. The Morgan fingerprint density at radius 3 is 2.41 bits per heavy atom. The van der Waals surface area contributed by atoms with Gasteiger partial charge in [0.15, 0.2) is 0 Å². The SMILES string of the molecule is CCN(CC)S(=O)(=O)c1ccc([C@@H](C)NCC(=O)N2CCc3ccccc32)cc1. The first-order valence-corrected chi connectivity index (χ1v) is 11.5. The fourth-order valence-electron chi connectivity index (χ4n) is 3.69. The van der Waals surface area contributed by atoms with Gasteiger partial charge >= 0.3 is 0 Å². The highest BCUT2D eigenvalue weighted by atomic mass is 32.2. The van der Waals surface area contributed by atoms with Crippen LogP contribution in [0, 0.1) is 0 Å². The largest absolute Gasteiger partial charge is 0.311 e. The van der Waals surface area contributed by atoms with Gasteiger partial charge in [-0.1, -0.05) is 44.2 Å². The van der Waals surface area contributed by atoms with E-state index in [2.05, 4.69) is 11.4 Å². The van der Waals surface area contributed by atoms with E-state index in [4.69, 9.17) is 0 Å². The molecule has 1 N–H and O–H groups in total. The summed E-state index contributed by atoms with van der Waals surface area (Å²) in [5.41, 5.74) is 3.15. The Morgan fingerprint density at radius 1 is 1.10 bits per heavy atom. The highest BCUT2D eigenvalue weighted by Gasteiger charge is 2.24. The van der Waals surface area contributed by atoms with Crippen molar-refractivity contribution in [2.24, 2.45) is 0 Å². The molecule has 0 radical (unpaired) electrons. The number of hydrogen-bond donors (Lipinski definition) is 1. The number of nitrogens with zero attached hydrogens (tertiary/aromatic N) is 2. The molecule has 2 aromatic carbocycles. The molecule has 1 heterocycles. The molecule has 0 unspecified atom stereocenters. The summed E-state index contributed by atoms with van der Waals surface area (Å²) in [6, 6.07) is 14.8. The van der Waals surface area contributed by atoms with E-state index < -0.39 is 10.0 Å². The van der Waals surface area contributed by atoms with Gasteiger partial charge in [-0.05, 0) is 42.7 Å². The van der Waals surface area contributed by atoms with Crippen molar-refractivity contribution >= 4 is 21.6 Å². The highest BCUT2D eigenvalue weighted by molar-refractivity contribution is 7.89. The molecule has 0 aliphatic carbocycles. The number of hydrogen-bond acceptors (Lipinski definition) is 4. The van der Waals surface area contributed by atoms with Gasteiger partial charge < -0.3 is 10.2 Å². The third-order valence-electron chi connectivity index (χ3n) is 5.47. The molecule has 0 spiro atoms. The lowest BCUT2D eigenvalue weighted by Crippen LogP contribution is -2.38. The number of fused-ring (bicyclic) bond motifs is 1.